The molecule has 0 aliphatic carbocycles. The fraction of sp³-hybridized carbons (Fsp3) is 0. The van der Waals surface area contributed by atoms with Crippen LogP contribution in [0, 0.1) is 0 Å². The topological polar surface area (TPSA) is 4.93 Å². The standard InChI is InChI=1S/C50H33NS/c1-33(38-22-13-23-45-40-17-10-12-25-47(40)52-50(38)45)26-27-36-32-51(46-24-11-9-16-39(36)46)37-30-28-35(29-31-37)49-43-20-7-5-18-41(43)48(34-14-3-2-4-15-34)42-19-6-8-21-44(42)49/h2-32H,1H2/b27-26-. The Hall–Kier alpha value is -6.48. The maximum absolute atomic E-state index is 4.52. The Kier molecular flexibility index (Phi) is 7.23. The second-order valence-corrected chi connectivity index (χ2v) is 14.4. The molecular formula is C50H33NS. The van der Waals surface area contributed by atoms with E-state index in [4.69, 9.17) is 0 Å². The number of hydrogen-bond donors (Lipinski definition) is 0. The third-order valence-electron chi connectivity index (χ3n) is 10.4. The van der Waals surface area contributed by atoms with Gasteiger partial charge in [-0.3, -0.25) is 0 Å². The van der Waals surface area contributed by atoms with Crippen molar-refractivity contribution in [2.75, 3.05) is 0 Å². The Morgan fingerprint density at radius 2 is 1.02 bits per heavy atom. The molecule has 10 aromatic rings. The molecule has 0 N–H and O–H groups in total. The molecule has 244 valence electrons. The largest absolute Gasteiger partial charge is 0.316 e. The number of hydrogen-bond acceptors (Lipinski definition) is 1. The second-order valence-electron chi connectivity index (χ2n) is 13.4. The summed E-state index contributed by atoms with van der Waals surface area (Å²) in [6, 6.07) is 61.4. The fourth-order valence-electron chi connectivity index (χ4n) is 7.98. The molecule has 2 heteroatoms. The number of allylic oxidation sites excluding steroid dienone is 2. The van der Waals surface area contributed by atoms with Gasteiger partial charge in [0.1, 0.15) is 0 Å². The van der Waals surface area contributed by atoms with Gasteiger partial charge in [-0.2, -0.15) is 0 Å². The molecule has 0 saturated heterocycles. The van der Waals surface area contributed by atoms with E-state index in [2.05, 4.69) is 199 Å². The molecule has 0 amide bonds. The summed E-state index contributed by atoms with van der Waals surface area (Å²) in [7, 11) is 0. The van der Waals surface area contributed by atoms with Gasteiger partial charge in [0.15, 0.2) is 0 Å². The van der Waals surface area contributed by atoms with Crippen LogP contribution >= 0.6 is 11.3 Å². The summed E-state index contributed by atoms with van der Waals surface area (Å²) in [5.41, 5.74) is 10.7. The Balaban J connectivity index is 1.05. The molecule has 0 atom stereocenters. The van der Waals surface area contributed by atoms with E-state index in [9.17, 15) is 0 Å². The van der Waals surface area contributed by atoms with Gasteiger partial charge in [0, 0.05) is 43.0 Å². The van der Waals surface area contributed by atoms with Gasteiger partial charge in [0.05, 0.1) is 5.52 Å². The van der Waals surface area contributed by atoms with E-state index >= 15 is 0 Å². The van der Waals surface area contributed by atoms with Gasteiger partial charge < -0.3 is 4.57 Å². The first-order valence-corrected chi connectivity index (χ1v) is 18.5. The third kappa shape index (κ3) is 4.92. The normalized spacial score (nSPS) is 11.8. The molecule has 0 bridgehead atoms. The number of rotatable bonds is 6. The summed E-state index contributed by atoms with van der Waals surface area (Å²) in [6.07, 6.45) is 6.64. The molecule has 1 nitrogen and oxygen atoms in total. The van der Waals surface area contributed by atoms with E-state index in [-0.39, 0.29) is 0 Å². The highest BCUT2D eigenvalue weighted by Gasteiger charge is 2.17. The number of fused-ring (bicyclic) bond motifs is 6. The van der Waals surface area contributed by atoms with Crippen molar-refractivity contribution >= 4 is 75.6 Å². The predicted octanol–water partition coefficient (Wildman–Crippen LogP) is 14.4. The molecule has 0 aliphatic heterocycles. The zero-order valence-electron chi connectivity index (χ0n) is 28.5. The molecule has 8 aromatic carbocycles. The fourth-order valence-corrected chi connectivity index (χ4v) is 9.23. The molecule has 2 aromatic heterocycles. The molecule has 0 aliphatic rings. The number of nitrogens with zero attached hydrogens (tertiary/aromatic N) is 1. The quantitative estimate of drug-likeness (QED) is 0.122. The van der Waals surface area contributed by atoms with Crippen LogP contribution in [-0.4, -0.2) is 4.57 Å². The average molecular weight is 680 g/mol. The van der Waals surface area contributed by atoms with Crippen LogP contribution in [0.1, 0.15) is 11.1 Å². The lowest BCUT2D eigenvalue weighted by Crippen LogP contribution is -1.93. The van der Waals surface area contributed by atoms with Crippen molar-refractivity contribution in [3.63, 3.8) is 0 Å². The Labute approximate surface area is 306 Å². The van der Waals surface area contributed by atoms with Crippen molar-refractivity contribution in [2.45, 2.75) is 0 Å². The van der Waals surface area contributed by atoms with Gasteiger partial charge in [-0.15, -0.1) is 11.3 Å². The lowest BCUT2D eigenvalue weighted by Gasteiger charge is -2.18. The number of para-hydroxylation sites is 1. The zero-order chi connectivity index (χ0) is 34.6. The molecule has 2 heterocycles. The summed E-state index contributed by atoms with van der Waals surface area (Å²) in [5.74, 6) is 0. The van der Waals surface area contributed by atoms with Gasteiger partial charge in [0.2, 0.25) is 0 Å². The molecule has 0 unspecified atom stereocenters. The number of thiophene rings is 1. The first kappa shape index (κ1) is 30.4. The van der Waals surface area contributed by atoms with E-state index in [0.29, 0.717) is 0 Å². The van der Waals surface area contributed by atoms with Gasteiger partial charge in [-0.1, -0.05) is 164 Å². The van der Waals surface area contributed by atoms with Crippen LogP contribution in [0.5, 0.6) is 0 Å². The van der Waals surface area contributed by atoms with Crippen molar-refractivity contribution in [1.29, 1.82) is 0 Å². The van der Waals surface area contributed by atoms with Crippen LogP contribution in [0.25, 0.3) is 92.2 Å². The lowest BCUT2D eigenvalue weighted by atomic mass is 9.86. The van der Waals surface area contributed by atoms with E-state index < -0.39 is 0 Å². The highest BCUT2D eigenvalue weighted by molar-refractivity contribution is 7.26. The van der Waals surface area contributed by atoms with Gasteiger partial charge in [-0.05, 0) is 79.2 Å². The monoisotopic (exact) mass is 679 g/mol. The highest BCUT2D eigenvalue weighted by Crippen LogP contribution is 2.44. The number of aromatic nitrogens is 1. The minimum Gasteiger partial charge on any atom is -0.316 e. The van der Waals surface area contributed by atoms with Crippen LogP contribution < -0.4 is 0 Å². The first-order chi connectivity index (χ1) is 25.7. The average Bonchev–Trinajstić information content (AvgIpc) is 3.78. The Bertz CT molecular complexity index is 2950. The molecule has 52 heavy (non-hydrogen) atoms. The van der Waals surface area contributed by atoms with Crippen molar-refractivity contribution in [1.82, 2.24) is 4.57 Å². The van der Waals surface area contributed by atoms with E-state index in [1.165, 1.54) is 80.4 Å². The van der Waals surface area contributed by atoms with Gasteiger partial charge in [-0.25, -0.2) is 0 Å². The molecular weight excluding hydrogens is 647 g/mol. The van der Waals surface area contributed by atoms with Crippen LogP contribution in [0.15, 0.2) is 189 Å². The van der Waals surface area contributed by atoms with Crippen molar-refractivity contribution < 1.29 is 0 Å². The minimum atomic E-state index is 1.01. The van der Waals surface area contributed by atoms with E-state index in [1.807, 2.05) is 11.3 Å². The third-order valence-corrected chi connectivity index (χ3v) is 11.6. The van der Waals surface area contributed by atoms with Crippen LogP contribution in [0.3, 0.4) is 0 Å². The molecule has 0 radical (unpaired) electrons. The maximum atomic E-state index is 4.52. The maximum Gasteiger partial charge on any atom is 0.0534 e. The molecule has 10 rings (SSSR count). The summed E-state index contributed by atoms with van der Waals surface area (Å²) in [4.78, 5) is 0. The first-order valence-electron chi connectivity index (χ1n) is 17.7. The van der Waals surface area contributed by atoms with Crippen molar-refractivity contribution in [2.24, 2.45) is 0 Å². The smallest absolute Gasteiger partial charge is 0.0534 e. The van der Waals surface area contributed by atoms with E-state index in [0.717, 1.165) is 16.8 Å². The summed E-state index contributed by atoms with van der Waals surface area (Å²) in [5, 5.41) is 8.87. The lowest BCUT2D eigenvalue weighted by molar-refractivity contribution is 1.13. The highest BCUT2D eigenvalue weighted by atomic mass is 32.1. The summed E-state index contributed by atoms with van der Waals surface area (Å²) in [6.45, 7) is 4.52. The van der Waals surface area contributed by atoms with Gasteiger partial charge >= 0.3 is 0 Å². The van der Waals surface area contributed by atoms with Crippen LogP contribution in [-0.2, 0) is 0 Å². The summed E-state index contributed by atoms with van der Waals surface area (Å²) < 4.78 is 4.90. The summed E-state index contributed by atoms with van der Waals surface area (Å²) >= 11 is 1.84. The van der Waals surface area contributed by atoms with Crippen molar-refractivity contribution in [3.05, 3.63) is 200 Å². The molecule has 0 spiro atoms. The zero-order valence-corrected chi connectivity index (χ0v) is 29.3. The van der Waals surface area contributed by atoms with Crippen LogP contribution in [0.2, 0.25) is 0 Å². The van der Waals surface area contributed by atoms with Crippen LogP contribution in [0.4, 0.5) is 0 Å². The minimum absolute atomic E-state index is 1.01. The number of benzene rings is 8. The van der Waals surface area contributed by atoms with E-state index in [1.54, 1.807) is 0 Å². The SMILES string of the molecule is C=C(/C=C\c1cn(-c2ccc(-c3c4ccccc4c(-c4ccccc4)c4ccccc34)cc2)c2ccccc12)c1cccc2c1sc1ccccc12. The second kappa shape index (κ2) is 12.4. The van der Waals surface area contributed by atoms with Crippen molar-refractivity contribution in [3.8, 4) is 27.9 Å². The molecule has 0 saturated carbocycles. The van der Waals surface area contributed by atoms with Gasteiger partial charge in [0.25, 0.3) is 0 Å². The predicted molar refractivity (Wildman–Crippen MR) is 227 cm³/mol. The Morgan fingerprint density at radius 1 is 0.481 bits per heavy atom. The molecule has 0 fully saturated rings. The Morgan fingerprint density at radius 3 is 1.69 bits per heavy atom.